The number of amides is 1. The second-order valence-corrected chi connectivity index (χ2v) is 9.35. The third kappa shape index (κ3) is 5.24. The van der Waals surface area contributed by atoms with Crippen LogP contribution in [0.4, 0.5) is 13.2 Å². The molecule has 3 heterocycles. The molecule has 176 valence electrons. The second-order valence-electron chi connectivity index (χ2n) is 8.27. The minimum absolute atomic E-state index is 0.198. The second kappa shape index (κ2) is 9.76. The molecule has 2 aliphatic heterocycles. The summed E-state index contributed by atoms with van der Waals surface area (Å²) in [5.74, 6) is -2.03. The van der Waals surface area contributed by atoms with Crippen LogP contribution in [0.15, 0.2) is 30.3 Å². The number of ether oxygens (including phenoxy) is 1. The minimum Gasteiger partial charge on any atom is -0.475 e. The molecule has 0 unspecified atom stereocenters. The lowest BCUT2D eigenvalue weighted by Crippen LogP contribution is -2.38. The molecule has 1 aromatic heterocycles. The Balaban J connectivity index is 0.000000360. The van der Waals surface area contributed by atoms with Crippen molar-refractivity contribution in [1.29, 1.82) is 0 Å². The van der Waals surface area contributed by atoms with Crippen molar-refractivity contribution in [2.75, 3.05) is 46.4 Å². The Morgan fingerprint density at radius 3 is 2.56 bits per heavy atom. The van der Waals surface area contributed by atoms with Gasteiger partial charge >= 0.3 is 12.1 Å². The van der Waals surface area contributed by atoms with E-state index < -0.39 is 12.1 Å². The Kier molecular flexibility index (Phi) is 7.46. The number of thiophene rings is 1. The third-order valence-electron chi connectivity index (χ3n) is 6.25. The summed E-state index contributed by atoms with van der Waals surface area (Å²) in [4.78, 5) is 27.4. The molecule has 32 heavy (non-hydrogen) atoms. The van der Waals surface area contributed by atoms with E-state index in [1.54, 1.807) is 18.4 Å². The Labute approximate surface area is 188 Å². The summed E-state index contributed by atoms with van der Waals surface area (Å²) in [6.07, 6.45) is -3.99. The molecule has 0 aliphatic carbocycles. The van der Waals surface area contributed by atoms with Gasteiger partial charge in [0.15, 0.2) is 0 Å². The highest BCUT2D eigenvalue weighted by Crippen LogP contribution is 2.44. The number of methoxy groups -OCH3 is 1. The molecule has 0 bridgehead atoms. The van der Waals surface area contributed by atoms with Crippen molar-refractivity contribution in [2.24, 2.45) is 11.3 Å². The first-order valence-electron chi connectivity index (χ1n) is 10.4. The molecule has 2 fully saturated rings. The van der Waals surface area contributed by atoms with Crippen LogP contribution in [0.2, 0.25) is 0 Å². The van der Waals surface area contributed by atoms with Crippen LogP contribution in [0.3, 0.4) is 0 Å². The SMILES string of the molecule is CCN1C[C@@H](COC)[C@]2(CCN(C(=O)c3cc4ccccc4s3)C2)C1.O=C(O)C(F)(F)F. The number of benzene rings is 1. The maximum absolute atomic E-state index is 13.1. The highest BCUT2D eigenvalue weighted by molar-refractivity contribution is 7.20. The van der Waals surface area contributed by atoms with Gasteiger partial charge in [0.2, 0.25) is 0 Å². The molecule has 1 N–H and O–H groups in total. The van der Waals surface area contributed by atoms with Crippen LogP contribution in [0.1, 0.15) is 23.0 Å². The van der Waals surface area contributed by atoms with Gasteiger partial charge in [-0.1, -0.05) is 25.1 Å². The van der Waals surface area contributed by atoms with Crippen molar-refractivity contribution in [3.8, 4) is 0 Å². The summed E-state index contributed by atoms with van der Waals surface area (Å²) < 4.78 is 38.4. The topological polar surface area (TPSA) is 70.1 Å². The van der Waals surface area contributed by atoms with Gasteiger partial charge in [0.25, 0.3) is 5.91 Å². The van der Waals surface area contributed by atoms with E-state index in [-0.39, 0.29) is 11.3 Å². The monoisotopic (exact) mass is 472 g/mol. The van der Waals surface area contributed by atoms with Crippen molar-refractivity contribution < 1.29 is 32.6 Å². The van der Waals surface area contributed by atoms with Crippen LogP contribution in [0.25, 0.3) is 10.1 Å². The molecule has 1 amide bonds. The molecule has 10 heteroatoms. The zero-order valence-corrected chi connectivity index (χ0v) is 18.8. The summed E-state index contributed by atoms with van der Waals surface area (Å²) in [7, 11) is 1.79. The first kappa shape index (κ1) is 24.5. The van der Waals surface area contributed by atoms with Crippen molar-refractivity contribution in [2.45, 2.75) is 19.5 Å². The van der Waals surface area contributed by atoms with E-state index in [9.17, 15) is 18.0 Å². The van der Waals surface area contributed by atoms with E-state index in [1.807, 2.05) is 18.2 Å². The first-order chi connectivity index (χ1) is 15.1. The fourth-order valence-corrected chi connectivity index (χ4v) is 5.62. The first-order valence-corrected chi connectivity index (χ1v) is 11.2. The van der Waals surface area contributed by atoms with Gasteiger partial charge in [-0.3, -0.25) is 4.79 Å². The number of carboxylic acid groups (broad SMARTS) is 1. The quantitative estimate of drug-likeness (QED) is 0.730. The van der Waals surface area contributed by atoms with Gasteiger partial charge in [-0.05, 0) is 30.5 Å². The summed E-state index contributed by atoms with van der Waals surface area (Å²) in [5.41, 5.74) is 0.207. The van der Waals surface area contributed by atoms with Gasteiger partial charge in [-0.15, -0.1) is 11.3 Å². The molecule has 4 rings (SSSR count). The highest BCUT2D eigenvalue weighted by atomic mass is 32.1. The Hall–Kier alpha value is -2.17. The molecular formula is C22H27F3N2O4S. The van der Waals surface area contributed by atoms with Gasteiger partial charge in [-0.2, -0.15) is 13.2 Å². The Morgan fingerprint density at radius 2 is 1.97 bits per heavy atom. The van der Waals surface area contributed by atoms with Crippen LogP contribution >= 0.6 is 11.3 Å². The fraction of sp³-hybridized carbons (Fsp3) is 0.545. The summed E-state index contributed by atoms with van der Waals surface area (Å²) in [5, 5.41) is 8.29. The van der Waals surface area contributed by atoms with Crippen molar-refractivity contribution in [3.05, 3.63) is 35.2 Å². The number of carbonyl (C=O) groups is 2. The summed E-state index contributed by atoms with van der Waals surface area (Å²) >= 11 is 1.61. The summed E-state index contributed by atoms with van der Waals surface area (Å²) in [6.45, 7) is 8.00. The standard InChI is InChI=1S/C20H26N2O2S.C2HF3O2/c1-3-21-11-16(12-24-2)20(13-21)8-9-22(14-20)19(23)18-10-15-6-4-5-7-17(15)25-18;3-2(4,5)1(6)7/h4-7,10,16H,3,8-9,11-14H2,1-2H3;(H,6,7)/t16-,20+;/m0./s1. The van der Waals surface area contributed by atoms with Crippen molar-refractivity contribution >= 4 is 33.3 Å². The average molecular weight is 473 g/mol. The predicted molar refractivity (Wildman–Crippen MR) is 116 cm³/mol. The zero-order chi connectivity index (χ0) is 23.5. The number of hydrogen-bond acceptors (Lipinski definition) is 5. The third-order valence-corrected chi connectivity index (χ3v) is 7.35. The number of halogens is 3. The number of rotatable bonds is 4. The van der Waals surface area contributed by atoms with E-state index in [2.05, 4.69) is 28.9 Å². The van der Waals surface area contributed by atoms with Crippen LogP contribution in [-0.2, 0) is 9.53 Å². The molecule has 0 saturated carbocycles. The van der Waals surface area contributed by atoms with E-state index in [0.29, 0.717) is 5.92 Å². The highest BCUT2D eigenvalue weighted by Gasteiger charge is 2.50. The number of alkyl halides is 3. The van der Waals surface area contributed by atoms with E-state index >= 15 is 0 Å². The van der Waals surface area contributed by atoms with Crippen molar-refractivity contribution in [1.82, 2.24) is 9.80 Å². The van der Waals surface area contributed by atoms with Crippen LogP contribution in [0, 0.1) is 11.3 Å². The number of carbonyl (C=O) groups excluding carboxylic acids is 1. The van der Waals surface area contributed by atoms with Crippen LogP contribution < -0.4 is 0 Å². The zero-order valence-electron chi connectivity index (χ0n) is 18.0. The Bertz CT molecular complexity index is 931. The van der Waals surface area contributed by atoms with Crippen LogP contribution in [0.5, 0.6) is 0 Å². The normalized spacial score (nSPS) is 23.5. The lowest BCUT2D eigenvalue weighted by Gasteiger charge is -2.30. The average Bonchev–Trinajstić information content (AvgIpc) is 3.45. The molecule has 2 aliphatic rings. The number of fused-ring (bicyclic) bond motifs is 1. The van der Waals surface area contributed by atoms with Crippen molar-refractivity contribution in [3.63, 3.8) is 0 Å². The van der Waals surface area contributed by atoms with Gasteiger partial charge < -0.3 is 19.6 Å². The van der Waals surface area contributed by atoms with Gasteiger partial charge in [0.05, 0.1) is 11.5 Å². The maximum atomic E-state index is 13.1. The van der Waals surface area contributed by atoms with Gasteiger partial charge in [0, 0.05) is 49.3 Å². The summed E-state index contributed by atoms with van der Waals surface area (Å²) in [6, 6.07) is 10.3. The molecule has 6 nitrogen and oxygen atoms in total. The largest absolute Gasteiger partial charge is 0.490 e. The molecule has 2 aromatic rings. The fourth-order valence-electron chi connectivity index (χ4n) is 4.59. The smallest absolute Gasteiger partial charge is 0.475 e. The van der Waals surface area contributed by atoms with Gasteiger partial charge in [-0.25, -0.2) is 4.79 Å². The van der Waals surface area contributed by atoms with E-state index in [0.717, 1.165) is 50.6 Å². The molecular weight excluding hydrogens is 445 g/mol. The predicted octanol–water partition coefficient (Wildman–Crippen LogP) is 3.97. The molecule has 1 spiro atoms. The molecule has 2 saturated heterocycles. The lowest BCUT2D eigenvalue weighted by atomic mass is 9.77. The number of aliphatic carboxylic acids is 1. The number of nitrogens with zero attached hydrogens (tertiary/aromatic N) is 2. The number of hydrogen-bond donors (Lipinski definition) is 1. The number of carboxylic acids is 1. The van der Waals surface area contributed by atoms with Gasteiger partial charge in [0.1, 0.15) is 0 Å². The molecule has 1 aromatic carbocycles. The minimum atomic E-state index is -5.08. The van der Waals surface area contributed by atoms with E-state index in [4.69, 9.17) is 14.6 Å². The molecule has 2 atom stereocenters. The number of likely N-dealkylation sites (tertiary alicyclic amines) is 2. The van der Waals surface area contributed by atoms with E-state index in [1.165, 1.54) is 10.1 Å². The van der Waals surface area contributed by atoms with Crippen LogP contribution in [-0.4, -0.2) is 79.4 Å². The molecule has 0 radical (unpaired) electrons. The maximum Gasteiger partial charge on any atom is 0.490 e. The Morgan fingerprint density at radius 1 is 1.28 bits per heavy atom. The lowest BCUT2D eigenvalue weighted by molar-refractivity contribution is -0.192.